The van der Waals surface area contributed by atoms with Gasteiger partial charge in [0.2, 0.25) is 13.4 Å². The van der Waals surface area contributed by atoms with Crippen LogP contribution in [-0.4, -0.2) is 33.0 Å². The molecule has 0 saturated carbocycles. The number of nitrogens with zero attached hydrogens (tertiary/aromatic N) is 4. The first-order valence-corrected chi connectivity index (χ1v) is 21.9. The van der Waals surface area contributed by atoms with E-state index in [0.29, 0.717) is 6.42 Å². The van der Waals surface area contributed by atoms with Crippen LogP contribution in [0.3, 0.4) is 0 Å². The average Bonchev–Trinajstić information content (AvgIpc) is 4.08. The fourth-order valence-corrected chi connectivity index (χ4v) is 13.3. The van der Waals surface area contributed by atoms with E-state index in [1.807, 2.05) is 93.3 Å². The van der Waals surface area contributed by atoms with Crippen molar-refractivity contribution < 1.29 is 42.1 Å². The molecule has 13 rings (SSSR count). The first-order chi connectivity index (χ1) is 28.2. The minimum absolute atomic E-state index is 0. The van der Waals surface area contributed by atoms with Crippen molar-refractivity contribution in [2.24, 2.45) is 0 Å². The Bertz CT molecular complexity index is 3070. The molecule has 0 atom stereocenters. The Morgan fingerprint density at radius 3 is 1.39 bits per heavy atom. The van der Waals surface area contributed by atoms with E-state index in [1.54, 1.807) is 0 Å². The summed E-state index contributed by atoms with van der Waals surface area (Å²) >= 11 is 7.35. The predicted octanol–water partition coefficient (Wildman–Crippen LogP) is 6.62. The van der Waals surface area contributed by atoms with Crippen molar-refractivity contribution >= 4 is 104 Å². The largest absolute Gasteiger partial charge is 0.473 e. The predicted molar refractivity (Wildman–Crippen MR) is 232 cm³/mol. The fourth-order valence-electron chi connectivity index (χ4n) is 8.64. The monoisotopic (exact) mass is 1180 g/mol. The molecule has 12 heteroatoms. The molecule has 0 amide bonds. The normalized spacial score (nSPS) is 14.6. The molecule has 0 unspecified atom stereocenters. The zero-order chi connectivity index (χ0) is 37.2. The Morgan fingerprint density at radius 2 is 0.915 bits per heavy atom. The smallest absolute Gasteiger partial charge is 0.202 e. The summed E-state index contributed by atoms with van der Waals surface area (Å²) in [6, 6.07) is 50.3. The molecule has 4 nitrogen and oxygen atoms in total. The van der Waals surface area contributed by atoms with Gasteiger partial charge in [-0.05, 0) is 78.3 Å². The molecule has 5 aliphatic rings. The molecule has 59 heavy (non-hydrogen) atoms. The Morgan fingerprint density at radius 1 is 0.475 bits per heavy atom. The van der Waals surface area contributed by atoms with Gasteiger partial charge in [-0.2, -0.15) is 92.4 Å². The number of rotatable bonds is 4. The summed E-state index contributed by atoms with van der Waals surface area (Å²) in [4.78, 5) is 10.1. The summed E-state index contributed by atoms with van der Waals surface area (Å²) in [6.07, 6.45) is 15.7. The Hall–Kier alpha value is -3.87. The van der Waals surface area contributed by atoms with Crippen LogP contribution >= 0.6 is 47.0 Å². The second-order valence-electron chi connectivity index (χ2n) is 14.4. The molecule has 0 bridgehead atoms. The first kappa shape index (κ1) is 38.1. The van der Waals surface area contributed by atoms with Gasteiger partial charge in [-0.1, -0.05) is 21.9 Å². The summed E-state index contributed by atoms with van der Waals surface area (Å²) in [7, 11) is 0. The molecule has 286 valence electrons. The maximum absolute atomic E-state index is 4.51. The quantitative estimate of drug-likeness (QED) is 0.146. The van der Waals surface area contributed by atoms with Gasteiger partial charge in [0.25, 0.3) is 0 Å². The van der Waals surface area contributed by atoms with Crippen LogP contribution < -0.4 is 32.8 Å². The first-order valence-electron chi connectivity index (χ1n) is 18.7. The van der Waals surface area contributed by atoms with Crippen LogP contribution in [0.15, 0.2) is 161 Å². The van der Waals surface area contributed by atoms with Crippen molar-refractivity contribution in [3.63, 3.8) is 0 Å². The van der Waals surface area contributed by atoms with E-state index in [9.17, 15) is 0 Å². The SMILES string of the molecule is [C-]1=C(c2[c-]c3c(cc2)Sc2cccc4c2B3c2[c-]c(-n3cccn3)ccc2S4)[C-]=C(c2[c-]c3c(cc2)Sc2cccc4c2B3c2[c-]c(-n3cccn3)ccc2S4)C1.[Pt].[Pt]. The van der Waals surface area contributed by atoms with E-state index in [4.69, 9.17) is 0 Å². The summed E-state index contributed by atoms with van der Waals surface area (Å²) in [5, 5.41) is 9.03. The van der Waals surface area contributed by atoms with E-state index >= 15 is 0 Å². The van der Waals surface area contributed by atoms with Crippen LogP contribution in [0.2, 0.25) is 0 Å². The Kier molecular flexibility index (Phi) is 9.64. The van der Waals surface area contributed by atoms with Gasteiger partial charge in [-0.25, -0.2) is 0 Å². The van der Waals surface area contributed by atoms with Crippen molar-refractivity contribution in [2.45, 2.75) is 45.6 Å². The number of hydrogen-bond acceptors (Lipinski definition) is 6. The number of benzene rings is 6. The summed E-state index contributed by atoms with van der Waals surface area (Å²) in [6.45, 7) is 0.0463. The van der Waals surface area contributed by atoms with Crippen molar-refractivity contribution in [3.8, 4) is 11.4 Å². The van der Waals surface area contributed by atoms with Gasteiger partial charge in [-0.15, -0.1) is 69.1 Å². The standard InChI is InChI=1S/C47H22B2N4S4.2Pt/c1-5-42-46-44(7-1)56-40-17-13-32(52-21-3-19-50-52)26-36(40)48(46)34-24-30(11-15-38(34)54-42)28-9-10-29(23-28)31-12-16-39-35(25-31)49-37-27-33(53-22-4-20-51-53)14-18-41(37)57-45-8-2-6-43(55-39)47(45)49;;/h1-8,11-22H,9H2;;/q-6;;. The van der Waals surface area contributed by atoms with E-state index in [1.165, 1.54) is 71.9 Å². The van der Waals surface area contributed by atoms with Crippen molar-refractivity contribution in [1.29, 1.82) is 0 Å². The number of fused-ring (bicyclic) bond motifs is 8. The number of aromatic nitrogens is 4. The Labute approximate surface area is 388 Å². The van der Waals surface area contributed by atoms with Crippen molar-refractivity contribution in [1.82, 2.24) is 19.6 Å². The van der Waals surface area contributed by atoms with Gasteiger partial charge >= 0.3 is 0 Å². The molecule has 8 aromatic rings. The van der Waals surface area contributed by atoms with Crippen LogP contribution in [0, 0.1) is 36.4 Å². The minimum atomic E-state index is 0. The van der Waals surface area contributed by atoms with Crippen LogP contribution in [0.5, 0.6) is 0 Å². The third-order valence-corrected chi connectivity index (χ3v) is 15.8. The zero-order valence-corrected chi connectivity index (χ0v) is 38.3. The molecule has 0 N–H and O–H groups in total. The van der Waals surface area contributed by atoms with Gasteiger partial charge in [0, 0.05) is 66.9 Å². The van der Waals surface area contributed by atoms with Crippen LogP contribution in [-0.2, 0) is 42.1 Å². The third-order valence-electron chi connectivity index (χ3n) is 11.2. The van der Waals surface area contributed by atoms with E-state index in [-0.39, 0.29) is 55.6 Å². The van der Waals surface area contributed by atoms with Crippen molar-refractivity contribution in [2.75, 3.05) is 0 Å². The molecular formula is C47H22B2N4Pt2S4-6. The van der Waals surface area contributed by atoms with Crippen LogP contribution in [0.4, 0.5) is 0 Å². The topological polar surface area (TPSA) is 35.6 Å². The van der Waals surface area contributed by atoms with Crippen LogP contribution in [0.1, 0.15) is 17.5 Å². The number of hydrogen-bond donors (Lipinski definition) is 0. The molecule has 1 aliphatic carbocycles. The molecule has 0 radical (unpaired) electrons. The molecule has 6 heterocycles. The molecule has 0 spiro atoms. The van der Waals surface area contributed by atoms with Crippen molar-refractivity contribution in [3.05, 3.63) is 169 Å². The summed E-state index contributed by atoms with van der Waals surface area (Å²) < 4.78 is 3.78. The van der Waals surface area contributed by atoms with Gasteiger partial charge in [0.1, 0.15) is 0 Å². The van der Waals surface area contributed by atoms with Gasteiger partial charge in [-0.3, -0.25) is 27.1 Å². The average molecular weight is 1180 g/mol. The maximum Gasteiger partial charge on any atom is 0.202 e. The van der Waals surface area contributed by atoms with E-state index in [2.05, 4.69) is 132 Å². The molecule has 2 aromatic heterocycles. The second-order valence-corrected chi connectivity index (χ2v) is 18.7. The fraction of sp³-hybridized carbons (Fsp3) is 0.0213. The summed E-state index contributed by atoms with van der Waals surface area (Å²) in [5.74, 6) is 0. The van der Waals surface area contributed by atoms with Crippen LogP contribution in [0.25, 0.3) is 22.5 Å². The second kappa shape index (κ2) is 14.9. The van der Waals surface area contributed by atoms with E-state index < -0.39 is 0 Å². The van der Waals surface area contributed by atoms with Gasteiger partial charge in [0.15, 0.2) is 0 Å². The Balaban J connectivity index is 0.00000198. The molecule has 6 aromatic carbocycles. The van der Waals surface area contributed by atoms with Gasteiger partial charge in [0.05, 0.1) is 0 Å². The minimum Gasteiger partial charge on any atom is -0.473 e. The third kappa shape index (κ3) is 6.11. The molecule has 0 saturated heterocycles. The zero-order valence-electron chi connectivity index (χ0n) is 30.5. The molecular weight excluding hydrogens is 1160 g/mol. The summed E-state index contributed by atoms with van der Waals surface area (Å²) in [5.41, 5.74) is 13.5. The maximum atomic E-state index is 4.51. The molecule has 4 aliphatic heterocycles. The van der Waals surface area contributed by atoms with Gasteiger partial charge < -0.3 is 23.3 Å². The molecule has 0 fully saturated rings. The van der Waals surface area contributed by atoms with E-state index in [0.717, 1.165) is 33.6 Å². The number of allylic oxidation sites excluding steroid dienone is 4.